The molecule has 2 N–H and O–H groups in total. The van der Waals surface area contributed by atoms with Crippen molar-refractivity contribution in [2.24, 2.45) is 0 Å². The molecule has 0 aliphatic rings. The fraction of sp³-hybridized carbons (Fsp3) is 0.375. The molecule has 1 unspecified atom stereocenters. The van der Waals surface area contributed by atoms with Crippen LogP contribution >= 0.6 is 0 Å². The third kappa shape index (κ3) is 2.44. The highest BCUT2D eigenvalue weighted by Gasteiger charge is 2.19. The van der Waals surface area contributed by atoms with Gasteiger partial charge >= 0.3 is 0 Å². The van der Waals surface area contributed by atoms with E-state index in [1.165, 1.54) is 0 Å². The second kappa shape index (κ2) is 6.11. The van der Waals surface area contributed by atoms with Gasteiger partial charge in [0.2, 0.25) is 0 Å². The van der Waals surface area contributed by atoms with Gasteiger partial charge in [0.05, 0.1) is 26.9 Å². The molecular formula is C16H20O4. The molecule has 108 valence electrons. The summed E-state index contributed by atoms with van der Waals surface area (Å²) in [6, 6.07) is 7.83. The summed E-state index contributed by atoms with van der Waals surface area (Å²) in [6.07, 6.45) is -0.486. The van der Waals surface area contributed by atoms with Gasteiger partial charge in [0.1, 0.15) is 11.5 Å². The van der Waals surface area contributed by atoms with E-state index in [-0.39, 0.29) is 6.61 Å². The van der Waals surface area contributed by atoms with Crippen LogP contribution < -0.4 is 9.47 Å². The highest BCUT2D eigenvalue weighted by Crippen LogP contribution is 2.40. The Hall–Kier alpha value is -1.78. The van der Waals surface area contributed by atoms with Crippen molar-refractivity contribution in [3.63, 3.8) is 0 Å². The van der Waals surface area contributed by atoms with Gasteiger partial charge in [-0.15, -0.1) is 0 Å². The number of aliphatic hydroxyl groups excluding tert-OH is 2. The Bertz CT molecular complexity index is 607. The maximum atomic E-state index is 9.75. The predicted octanol–water partition coefficient (Wildman–Crippen LogP) is 2.06. The van der Waals surface area contributed by atoms with Crippen LogP contribution in [-0.4, -0.2) is 37.1 Å². The average molecular weight is 276 g/mol. The summed E-state index contributed by atoms with van der Waals surface area (Å²) in [5, 5.41) is 20.7. The Morgan fingerprint density at radius 2 is 1.60 bits per heavy atom. The van der Waals surface area contributed by atoms with E-state index >= 15 is 0 Å². The normalized spacial score (nSPS) is 12.4. The largest absolute Gasteiger partial charge is 0.496 e. The van der Waals surface area contributed by atoms with Crippen molar-refractivity contribution in [1.82, 2.24) is 0 Å². The van der Waals surface area contributed by atoms with Crippen LogP contribution in [0.3, 0.4) is 0 Å². The van der Waals surface area contributed by atoms with E-state index in [0.29, 0.717) is 6.42 Å². The summed E-state index contributed by atoms with van der Waals surface area (Å²) in [6.45, 7) is 1.66. The first-order valence-corrected chi connectivity index (χ1v) is 6.55. The lowest BCUT2D eigenvalue weighted by Crippen LogP contribution is -2.17. The molecule has 0 aromatic heterocycles. The molecule has 0 radical (unpaired) electrons. The van der Waals surface area contributed by atoms with Crippen LogP contribution in [0.15, 0.2) is 24.3 Å². The van der Waals surface area contributed by atoms with Crippen molar-refractivity contribution in [3.8, 4) is 11.5 Å². The molecule has 0 saturated carbocycles. The van der Waals surface area contributed by atoms with Crippen LogP contribution in [0, 0.1) is 6.92 Å². The molecule has 0 spiro atoms. The molecule has 4 nitrogen and oxygen atoms in total. The van der Waals surface area contributed by atoms with Crippen molar-refractivity contribution in [2.45, 2.75) is 19.4 Å². The number of ether oxygens (including phenoxy) is 2. The average Bonchev–Trinajstić information content (AvgIpc) is 2.48. The van der Waals surface area contributed by atoms with Gasteiger partial charge in [-0.3, -0.25) is 0 Å². The number of methoxy groups -OCH3 is 2. The van der Waals surface area contributed by atoms with Gasteiger partial charge < -0.3 is 19.7 Å². The topological polar surface area (TPSA) is 58.9 Å². The minimum absolute atomic E-state index is 0.280. The van der Waals surface area contributed by atoms with E-state index in [9.17, 15) is 5.11 Å². The maximum Gasteiger partial charge on any atom is 0.130 e. The smallest absolute Gasteiger partial charge is 0.130 e. The minimum Gasteiger partial charge on any atom is -0.496 e. The molecule has 0 heterocycles. The third-order valence-corrected chi connectivity index (χ3v) is 3.54. The lowest BCUT2D eigenvalue weighted by atomic mass is 9.95. The molecule has 1 atom stereocenters. The minimum atomic E-state index is -0.812. The Labute approximate surface area is 118 Å². The van der Waals surface area contributed by atoms with E-state index in [4.69, 9.17) is 14.6 Å². The van der Waals surface area contributed by atoms with Crippen molar-refractivity contribution < 1.29 is 19.7 Å². The van der Waals surface area contributed by atoms with E-state index in [0.717, 1.165) is 33.4 Å². The summed E-state index contributed by atoms with van der Waals surface area (Å²) in [5.41, 5.74) is 1.79. The molecule has 2 aromatic carbocycles. The molecule has 4 heteroatoms. The van der Waals surface area contributed by atoms with Crippen molar-refractivity contribution in [1.29, 1.82) is 0 Å². The SMILES string of the molecule is COc1c(C)c(CC(O)CO)c(OC)c2ccccc12. The summed E-state index contributed by atoms with van der Waals surface area (Å²) >= 11 is 0. The van der Waals surface area contributed by atoms with Crippen LogP contribution in [0.1, 0.15) is 11.1 Å². The molecule has 0 aliphatic carbocycles. The van der Waals surface area contributed by atoms with Gasteiger partial charge in [-0.2, -0.15) is 0 Å². The number of hydrogen-bond donors (Lipinski definition) is 2. The summed E-state index contributed by atoms with van der Waals surface area (Å²) in [5.74, 6) is 1.51. The number of benzene rings is 2. The van der Waals surface area contributed by atoms with E-state index in [1.54, 1.807) is 14.2 Å². The molecular weight excluding hydrogens is 256 g/mol. The number of rotatable bonds is 5. The summed E-state index contributed by atoms with van der Waals surface area (Å²) < 4.78 is 11.0. The van der Waals surface area contributed by atoms with Crippen molar-refractivity contribution in [3.05, 3.63) is 35.4 Å². The van der Waals surface area contributed by atoms with Gasteiger partial charge in [0, 0.05) is 22.8 Å². The second-order valence-electron chi connectivity index (χ2n) is 4.76. The van der Waals surface area contributed by atoms with E-state index < -0.39 is 6.10 Å². The van der Waals surface area contributed by atoms with E-state index in [1.807, 2.05) is 31.2 Å². The van der Waals surface area contributed by atoms with Gasteiger partial charge in [-0.05, 0) is 12.5 Å². The van der Waals surface area contributed by atoms with Gasteiger partial charge in [0.25, 0.3) is 0 Å². The molecule has 2 aromatic rings. The molecule has 2 rings (SSSR count). The molecule has 0 fully saturated rings. The van der Waals surface area contributed by atoms with Crippen molar-refractivity contribution in [2.75, 3.05) is 20.8 Å². The zero-order valence-electron chi connectivity index (χ0n) is 12.0. The maximum absolute atomic E-state index is 9.75. The standard InChI is InChI=1S/C16H20O4/c1-10-14(8-11(18)9-17)16(20-3)13-7-5-4-6-12(13)15(10)19-2/h4-7,11,17-18H,8-9H2,1-3H3. The third-order valence-electron chi connectivity index (χ3n) is 3.54. The van der Waals surface area contributed by atoms with Gasteiger partial charge in [0.15, 0.2) is 0 Å². The van der Waals surface area contributed by atoms with Gasteiger partial charge in [-0.25, -0.2) is 0 Å². The summed E-state index contributed by atoms with van der Waals surface area (Å²) in [4.78, 5) is 0. The quantitative estimate of drug-likeness (QED) is 0.877. The van der Waals surface area contributed by atoms with Crippen LogP contribution in [0.5, 0.6) is 11.5 Å². The lowest BCUT2D eigenvalue weighted by molar-refractivity contribution is 0.0948. The molecule has 0 saturated heterocycles. The zero-order valence-corrected chi connectivity index (χ0v) is 12.0. The number of hydrogen-bond acceptors (Lipinski definition) is 4. The molecule has 20 heavy (non-hydrogen) atoms. The zero-order chi connectivity index (χ0) is 14.7. The van der Waals surface area contributed by atoms with Crippen LogP contribution in [0.2, 0.25) is 0 Å². The van der Waals surface area contributed by atoms with Crippen LogP contribution in [-0.2, 0) is 6.42 Å². The lowest BCUT2D eigenvalue weighted by Gasteiger charge is -2.20. The monoisotopic (exact) mass is 276 g/mol. The highest BCUT2D eigenvalue weighted by atomic mass is 16.5. The first-order valence-electron chi connectivity index (χ1n) is 6.55. The van der Waals surface area contributed by atoms with Gasteiger partial charge in [-0.1, -0.05) is 24.3 Å². The predicted molar refractivity (Wildman–Crippen MR) is 78.6 cm³/mol. The van der Waals surface area contributed by atoms with E-state index in [2.05, 4.69) is 0 Å². The molecule has 0 amide bonds. The Balaban J connectivity index is 2.75. The second-order valence-corrected chi connectivity index (χ2v) is 4.76. The fourth-order valence-electron chi connectivity index (χ4n) is 2.59. The fourth-order valence-corrected chi connectivity index (χ4v) is 2.59. The molecule has 0 aliphatic heterocycles. The number of aliphatic hydroxyl groups is 2. The first kappa shape index (κ1) is 14.6. The van der Waals surface area contributed by atoms with Crippen molar-refractivity contribution >= 4 is 10.8 Å². The Morgan fingerprint density at radius 1 is 1.05 bits per heavy atom. The van der Waals surface area contributed by atoms with Crippen LogP contribution in [0.4, 0.5) is 0 Å². The Kier molecular flexibility index (Phi) is 4.47. The van der Waals surface area contributed by atoms with Crippen LogP contribution in [0.25, 0.3) is 10.8 Å². The highest BCUT2D eigenvalue weighted by molar-refractivity contribution is 5.96. The Morgan fingerprint density at radius 3 is 2.10 bits per heavy atom. The molecule has 0 bridgehead atoms. The number of fused-ring (bicyclic) bond motifs is 1. The first-order chi connectivity index (χ1) is 9.63. The summed E-state index contributed by atoms with van der Waals surface area (Å²) in [7, 11) is 3.25.